The number of rotatable bonds is 5. The Labute approximate surface area is 121 Å². The number of aryl methyl sites for hydroxylation is 1. The minimum absolute atomic E-state index is 0.0786. The van der Waals surface area contributed by atoms with Gasteiger partial charge in [-0.15, -0.1) is 0 Å². The van der Waals surface area contributed by atoms with Gasteiger partial charge in [-0.25, -0.2) is 8.78 Å². The number of aromatic amines is 1. The van der Waals surface area contributed by atoms with E-state index in [0.717, 1.165) is 5.56 Å². The lowest BCUT2D eigenvalue weighted by Gasteiger charge is -2.13. The van der Waals surface area contributed by atoms with Crippen LogP contribution in [0.15, 0.2) is 30.3 Å². The maximum Gasteiger partial charge on any atom is 0.284 e. The SMILES string of the molecule is Cc1[nH]nc(C(F)F)c1NC(=O)C(C)Cc1ccccc1. The molecule has 6 heteroatoms. The number of hydrogen-bond donors (Lipinski definition) is 2. The highest BCUT2D eigenvalue weighted by Gasteiger charge is 2.22. The molecule has 112 valence electrons. The quantitative estimate of drug-likeness (QED) is 0.886. The molecular weight excluding hydrogens is 276 g/mol. The summed E-state index contributed by atoms with van der Waals surface area (Å²) in [5.74, 6) is -0.627. The van der Waals surface area contributed by atoms with Crippen molar-refractivity contribution in [2.24, 2.45) is 5.92 Å². The van der Waals surface area contributed by atoms with Crippen molar-refractivity contribution in [3.8, 4) is 0 Å². The van der Waals surface area contributed by atoms with Crippen LogP contribution in [0, 0.1) is 12.8 Å². The molecule has 1 heterocycles. The van der Waals surface area contributed by atoms with E-state index in [1.54, 1.807) is 13.8 Å². The van der Waals surface area contributed by atoms with Gasteiger partial charge in [-0.1, -0.05) is 37.3 Å². The lowest BCUT2D eigenvalue weighted by Crippen LogP contribution is -2.23. The second-order valence-electron chi connectivity index (χ2n) is 4.99. The van der Waals surface area contributed by atoms with E-state index in [9.17, 15) is 13.6 Å². The molecule has 1 amide bonds. The summed E-state index contributed by atoms with van der Waals surface area (Å²) in [5.41, 5.74) is 1.10. The average Bonchev–Trinajstić information content (AvgIpc) is 2.81. The van der Waals surface area contributed by atoms with E-state index >= 15 is 0 Å². The van der Waals surface area contributed by atoms with E-state index < -0.39 is 12.1 Å². The first-order chi connectivity index (χ1) is 9.99. The number of H-pyrrole nitrogens is 1. The Kier molecular flexibility index (Phi) is 4.67. The van der Waals surface area contributed by atoms with Gasteiger partial charge in [0.1, 0.15) is 0 Å². The van der Waals surface area contributed by atoms with Crippen molar-refractivity contribution in [2.75, 3.05) is 5.32 Å². The van der Waals surface area contributed by atoms with Crippen molar-refractivity contribution in [2.45, 2.75) is 26.7 Å². The van der Waals surface area contributed by atoms with E-state index in [1.807, 2.05) is 30.3 Å². The smallest absolute Gasteiger partial charge is 0.284 e. The zero-order valence-electron chi connectivity index (χ0n) is 11.9. The van der Waals surface area contributed by atoms with Crippen LogP contribution in [0.5, 0.6) is 0 Å². The summed E-state index contributed by atoms with van der Waals surface area (Å²) >= 11 is 0. The zero-order chi connectivity index (χ0) is 15.4. The van der Waals surface area contributed by atoms with Crippen LogP contribution in [-0.2, 0) is 11.2 Å². The van der Waals surface area contributed by atoms with Crippen molar-refractivity contribution in [3.05, 3.63) is 47.3 Å². The first-order valence-corrected chi connectivity index (χ1v) is 6.66. The second kappa shape index (κ2) is 6.47. The van der Waals surface area contributed by atoms with E-state index in [1.165, 1.54) is 0 Å². The van der Waals surface area contributed by atoms with Gasteiger partial charge in [0.2, 0.25) is 5.91 Å². The molecule has 1 aromatic carbocycles. The van der Waals surface area contributed by atoms with Crippen LogP contribution in [0.25, 0.3) is 0 Å². The van der Waals surface area contributed by atoms with Gasteiger partial charge in [-0.3, -0.25) is 9.89 Å². The molecule has 2 aromatic rings. The predicted octanol–water partition coefficient (Wildman–Crippen LogP) is 3.47. The largest absolute Gasteiger partial charge is 0.323 e. The number of nitrogens with one attached hydrogen (secondary N) is 2. The molecule has 0 radical (unpaired) electrons. The Morgan fingerprint density at radius 3 is 2.62 bits per heavy atom. The van der Waals surface area contributed by atoms with Gasteiger partial charge in [0, 0.05) is 5.92 Å². The Morgan fingerprint density at radius 1 is 1.33 bits per heavy atom. The topological polar surface area (TPSA) is 57.8 Å². The van der Waals surface area contributed by atoms with Gasteiger partial charge in [-0.05, 0) is 18.9 Å². The minimum Gasteiger partial charge on any atom is -0.323 e. The summed E-state index contributed by atoms with van der Waals surface area (Å²) in [5, 5.41) is 8.54. The molecule has 0 aliphatic heterocycles. The van der Waals surface area contributed by atoms with Crippen molar-refractivity contribution >= 4 is 11.6 Å². The molecule has 0 spiro atoms. The molecule has 1 aromatic heterocycles. The fourth-order valence-corrected chi connectivity index (χ4v) is 2.07. The van der Waals surface area contributed by atoms with Crippen molar-refractivity contribution in [1.82, 2.24) is 10.2 Å². The number of nitrogens with zero attached hydrogens (tertiary/aromatic N) is 1. The molecule has 21 heavy (non-hydrogen) atoms. The van der Waals surface area contributed by atoms with E-state index in [2.05, 4.69) is 15.5 Å². The fraction of sp³-hybridized carbons (Fsp3) is 0.333. The number of aromatic nitrogens is 2. The van der Waals surface area contributed by atoms with Gasteiger partial charge in [0.05, 0.1) is 11.4 Å². The molecule has 2 rings (SSSR count). The van der Waals surface area contributed by atoms with Crippen LogP contribution in [0.2, 0.25) is 0 Å². The summed E-state index contributed by atoms with van der Waals surface area (Å²) in [6.45, 7) is 3.36. The van der Waals surface area contributed by atoms with Crippen LogP contribution < -0.4 is 5.32 Å². The molecule has 0 saturated carbocycles. The molecule has 4 nitrogen and oxygen atoms in total. The van der Waals surface area contributed by atoms with Crippen LogP contribution in [0.1, 0.15) is 30.3 Å². The highest BCUT2D eigenvalue weighted by Crippen LogP contribution is 2.27. The number of benzene rings is 1. The molecule has 0 aliphatic rings. The fourth-order valence-electron chi connectivity index (χ4n) is 2.07. The molecule has 0 bridgehead atoms. The molecule has 2 N–H and O–H groups in total. The first-order valence-electron chi connectivity index (χ1n) is 6.66. The molecule has 1 atom stereocenters. The standard InChI is InChI=1S/C15H17F2N3O/c1-9(8-11-6-4-3-5-7-11)15(21)18-12-10(2)19-20-13(12)14(16)17/h3-7,9,14H,8H2,1-2H3,(H,18,21)(H,19,20). The van der Waals surface area contributed by atoms with Gasteiger partial charge in [-0.2, -0.15) is 5.10 Å². The molecular formula is C15H17F2N3O. The number of carbonyl (C=O) groups excluding carboxylic acids is 1. The number of anilines is 1. The third-order valence-electron chi connectivity index (χ3n) is 3.26. The molecule has 1 unspecified atom stereocenters. The summed E-state index contributed by atoms with van der Waals surface area (Å²) in [4.78, 5) is 12.1. The van der Waals surface area contributed by atoms with Crippen molar-refractivity contribution in [1.29, 1.82) is 0 Å². The lowest BCUT2D eigenvalue weighted by atomic mass is 10.0. The number of carbonyl (C=O) groups is 1. The predicted molar refractivity (Wildman–Crippen MR) is 76.2 cm³/mol. The third kappa shape index (κ3) is 3.65. The number of halogens is 2. The Hall–Kier alpha value is -2.24. The second-order valence-corrected chi connectivity index (χ2v) is 4.99. The van der Waals surface area contributed by atoms with Gasteiger partial charge >= 0.3 is 0 Å². The normalized spacial score (nSPS) is 12.4. The van der Waals surface area contributed by atoms with E-state index in [-0.39, 0.29) is 17.5 Å². The van der Waals surface area contributed by atoms with Gasteiger partial charge in [0.15, 0.2) is 5.69 Å². The number of hydrogen-bond acceptors (Lipinski definition) is 2. The Bertz CT molecular complexity index is 611. The number of amides is 1. The monoisotopic (exact) mass is 293 g/mol. The van der Waals surface area contributed by atoms with E-state index in [4.69, 9.17) is 0 Å². The minimum atomic E-state index is -2.73. The van der Waals surface area contributed by atoms with Crippen LogP contribution in [0.4, 0.5) is 14.5 Å². The summed E-state index contributed by atoms with van der Waals surface area (Å²) < 4.78 is 25.6. The Balaban J connectivity index is 2.06. The van der Waals surface area contributed by atoms with Crippen LogP contribution in [-0.4, -0.2) is 16.1 Å². The zero-order valence-corrected chi connectivity index (χ0v) is 11.9. The number of alkyl halides is 2. The molecule has 0 saturated heterocycles. The Morgan fingerprint density at radius 2 is 2.00 bits per heavy atom. The third-order valence-corrected chi connectivity index (χ3v) is 3.26. The molecule has 0 fully saturated rings. The maximum absolute atomic E-state index is 12.8. The average molecular weight is 293 g/mol. The highest BCUT2D eigenvalue weighted by atomic mass is 19.3. The first kappa shape index (κ1) is 15.2. The summed E-state index contributed by atoms with van der Waals surface area (Å²) in [7, 11) is 0. The molecule has 0 aliphatic carbocycles. The van der Waals surface area contributed by atoms with E-state index in [0.29, 0.717) is 12.1 Å². The lowest BCUT2D eigenvalue weighted by molar-refractivity contribution is -0.119. The van der Waals surface area contributed by atoms with Crippen LogP contribution >= 0.6 is 0 Å². The van der Waals surface area contributed by atoms with Gasteiger partial charge in [0.25, 0.3) is 6.43 Å². The maximum atomic E-state index is 12.8. The summed E-state index contributed by atoms with van der Waals surface area (Å²) in [6.07, 6.45) is -2.18. The van der Waals surface area contributed by atoms with Crippen LogP contribution in [0.3, 0.4) is 0 Å². The van der Waals surface area contributed by atoms with Crippen molar-refractivity contribution in [3.63, 3.8) is 0 Å². The summed E-state index contributed by atoms with van der Waals surface area (Å²) in [6, 6.07) is 9.55. The van der Waals surface area contributed by atoms with Crippen molar-refractivity contribution < 1.29 is 13.6 Å². The highest BCUT2D eigenvalue weighted by molar-refractivity contribution is 5.93. The van der Waals surface area contributed by atoms with Gasteiger partial charge < -0.3 is 5.32 Å².